The normalized spacial score (nSPS) is 24.7. The van der Waals surface area contributed by atoms with Gasteiger partial charge in [-0.2, -0.15) is 5.10 Å². The maximum absolute atomic E-state index is 12.0. The van der Waals surface area contributed by atoms with Gasteiger partial charge in [0.2, 0.25) is 0 Å². The highest BCUT2D eigenvalue weighted by molar-refractivity contribution is 8.00. The Morgan fingerprint density at radius 2 is 2.44 bits per heavy atom. The van der Waals surface area contributed by atoms with Crippen LogP contribution in [0.3, 0.4) is 0 Å². The van der Waals surface area contributed by atoms with E-state index in [1.807, 2.05) is 6.92 Å². The number of carboxylic acids is 1. The number of hydrogen-bond acceptors (Lipinski definition) is 4. The first-order valence-electron chi connectivity index (χ1n) is 4.77. The number of nitrogens with zero attached hydrogens (tertiary/aromatic N) is 2. The minimum atomic E-state index is -0.968. The van der Waals surface area contributed by atoms with Gasteiger partial charge in [0, 0.05) is 11.9 Å². The zero-order chi connectivity index (χ0) is 11.7. The maximum atomic E-state index is 12.0. The SMILES string of the molecule is CC1SCC(C(=O)O)N1C(=O)c1ccn[nH]1. The number of carboxylic acid groups (broad SMARTS) is 1. The first kappa shape index (κ1) is 11.0. The van der Waals surface area contributed by atoms with Gasteiger partial charge in [0.05, 0.1) is 5.37 Å². The molecule has 1 aromatic rings. The van der Waals surface area contributed by atoms with Crippen molar-refractivity contribution in [2.45, 2.75) is 18.3 Å². The van der Waals surface area contributed by atoms with Gasteiger partial charge in [-0.1, -0.05) is 0 Å². The molecule has 6 nitrogen and oxygen atoms in total. The van der Waals surface area contributed by atoms with Crippen LogP contribution in [0.5, 0.6) is 0 Å². The third kappa shape index (κ3) is 1.78. The zero-order valence-electron chi connectivity index (χ0n) is 8.58. The van der Waals surface area contributed by atoms with Crippen LogP contribution in [0.4, 0.5) is 0 Å². The minimum absolute atomic E-state index is 0.128. The predicted octanol–water partition coefficient (Wildman–Crippen LogP) is 0.398. The fraction of sp³-hybridized carbons (Fsp3) is 0.444. The topological polar surface area (TPSA) is 86.3 Å². The van der Waals surface area contributed by atoms with Crippen molar-refractivity contribution in [2.75, 3.05) is 5.75 Å². The fourth-order valence-electron chi connectivity index (χ4n) is 1.66. The first-order valence-corrected chi connectivity index (χ1v) is 5.82. The van der Waals surface area contributed by atoms with Crippen LogP contribution in [0.1, 0.15) is 17.4 Å². The van der Waals surface area contributed by atoms with E-state index in [0.29, 0.717) is 11.4 Å². The number of carbonyl (C=O) groups is 2. The molecule has 2 unspecified atom stereocenters. The van der Waals surface area contributed by atoms with E-state index in [-0.39, 0.29) is 11.3 Å². The van der Waals surface area contributed by atoms with Crippen LogP contribution < -0.4 is 0 Å². The summed E-state index contributed by atoms with van der Waals surface area (Å²) in [4.78, 5) is 24.4. The van der Waals surface area contributed by atoms with Crippen molar-refractivity contribution in [1.29, 1.82) is 0 Å². The van der Waals surface area contributed by atoms with Gasteiger partial charge in [0.15, 0.2) is 0 Å². The number of hydrogen-bond donors (Lipinski definition) is 2. The monoisotopic (exact) mass is 241 g/mol. The third-order valence-electron chi connectivity index (χ3n) is 2.47. The van der Waals surface area contributed by atoms with E-state index in [9.17, 15) is 9.59 Å². The molecule has 0 radical (unpaired) electrons. The quantitative estimate of drug-likeness (QED) is 0.782. The van der Waals surface area contributed by atoms with Crippen LogP contribution in [0.25, 0.3) is 0 Å². The largest absolute Gasteiger partial charge is 0.480 e. The smallest absolute Gasteiger partial charge is 0.327 e. The summed E-state index contributed by atoms with van der Waals surface area (Å²) in [5, 5.41) is 15.1. The van der Waals surface area contributed by atoms with Crippen LogP contribution in [-0.4, -0.2) is 49.2 Å². The Morgan fingerprint density at radius 3 is 3.00 bits per heavy atom. The lowest BCUT2D eigenvalue weighted by atomic mass is 10.2. The number of nitrogens with one attached hydrogen (secondary N) is 1. The van der Waals surface area contributed by atoms with Gasteiger partial charge in [-0.05, 0) is 13.0 Å². The highest BCUT2D eigenvalue weighted by Crippen LogP contribution is 2.29. The van der Waals surface area contributed by atoms with Crippen LogP contribution >= 0.6 is 11.8 Å². The highest BCUT2D eigenvalue weighted by Gasteiger charge is 2.40. The van der Waals surface area contributed by atoms with Crippen molar-refractivity contribution >= 4 is 23.6 Å². The van der Waals surface area contributed by atoms with Gasteiger partial charge in [0.25, 0.3) is 5.91 Å². The Morgan fingerprint density at radius 1 is 1.69 bits per heavy atom. The summed E-state index contributed by atoms with van der Waals surface area (Å²) < 4.78 is 0. The van der Waals surface area contributed by atoms with Crippen LogP contribution in [0, 0.1) is 0 Å². The lowest BCUT2D eigenvalue weighted by Crippen LogP contribution is -2.44. The van der Waals surface area contributed by atoms with E-state index < -0.39 is 12.0 Å². The molecule has 1 saturated heterocycles. The Balaban J connectivity index is 2.24. The molecule has 1 aromatic heterocycles. The van der Waals surface area contributed by atoms with E-state index in [0.717, 1.165) is 0 Å². The number of aromatic nitrogens is 2. The van der Waals surface area contributed by atoms with Crippen LogP contribution in [0.2, 0.25) is 0 Å². The second kappa shape index (κ2) is 4.17. The number of carbonyl (C=O) groups excluding carboxylic acids is 1. The molecule has 0 bridgehead atoms. The number of thioether (sulfide) groups is 1. The summed E-state index contributed by atoms with van der Waals surface area (Å²) in [5.41, 5.74) is 0.320. The van der Waals surface area contributed by atoms with Gasteiger partial charge in [0.1, 0.15) is 11.7 Å². The van der Waals surface area contributed by atoms with Crippen molar-refractivity contribution in [3.05, 3.63) is 18.0 Å². The van der Waals surface area contributed by atoms with Crippen LogP contribution in [0.15, 0.2) is 12.3 Å². The molecule has 0 saturated carbocycles. The average molecular weight is 241 g/mol. The summed E-state index contributed by atoms with van der Waals surface area (Å²) in [5.74, 6) is -0.858. The molecule has 2 N–H and O–H groups in total. The molecule has 1 fully saturated rings. The molecule has 2 rings (SSSR count). The van der Waals surface area contributed by atoms with Crippen molar-refractivity contribution in [2.24, 2.45) is 0 Å². The van der Waals surface area contributed by atoms with Crippen molar-refractivity contribution in [3.63, 3.8) is 0 Å². The molecular formula is C9H11N3O3S. The molecule has 7 heteroatoms. The third-order valence-corrected chi connectivity index (χ3v) is 3.69. The standard InChI is InChI=1S/C9H11N3O3S/c1-5-12(7(4-16-5)9(14)15)8(13)6-2-3-10-11-6/h2-3,5,7H,4H2,1H3,(H,10,11)(H,14,15). The summed E-state index contributed by atoms with van der Waals surface area (Å²) in [6, 6.07) is 0.785. The zero-order valence-corrected chi connectivity index (χ0v) is 9.40. The Kier molecular flexibility index (Phi) is 2.86. The summed E-state index contributed by atoms with van der Waals surface area (Å²) >= 11 is 1.46. The van der Waals surface area contributed by atoms with Crippen molar-refractivity contribution in [3.8, 4) is 0 Å². The van der Waals surface area contributed by atoms with Gasteiger partial charge >= 0.3 is 5.97 Å². The minimum Gasteiger partial charge on any atom is -0.480 e. The number of H-pyrrole nitrogens is 1. The molecule has 1 amide bonds. The summed E-state index contributed by atoms with van der Waals surface area (Å²) in [6.07, 6.45) is 1.47. The molecule has 16 heavy (non-hydrogen) atoms. The molecule has 86 valence electrons. The highest BCUT2D eigenvalue weighted by atomic mass is 32.2. The van der Waals surface area contributed by atoms with Gasteiger partial charge < -0.3 is 10.0 Å². The molecule has 0 spiro atoms. The van der Waals surface area contributed by atoms with Crippen molar-refractivity contribution < 1.29 is 14.7 Å². The summed E-state index contributed by atoms with van der Waals surface area (Å²) in [6.45, 7) is 1.82. The Labute approximate surface area is 96.0 Å². The Hall–Kier alpha value is -1.50. The lowest BCUT2D eigenvalue weighted by molar-refractivity contribution is -0.141. The number of aromatic amines is 1. The number of rotatable bonds is 2. The van der Waals surface area contributed by atoms with E-state index >= 15 is 0 Å². The number of amides is 1. The molecule has 2 atom stereocenters. The lowest BCUT2D eigenvalue weighted by Gasteiger charge is -2.24. The maximum Gasteiger partial charge on any atom is 0.327 e. The molecular weight excluding hydrogens is 230 g/mol. The van der Waals surface area contributed by atoms with E-state index in [1.165, 1.54) is 28.9 Å². The second-order valence-electron chi connectivity index (χ2n) is 3.47. The number of aliphatic carboxylic acids is 1. The van der Waals surface area contributed by atoms with Gasteiger partial charge in [-0.15, -0.1) is 11.8 Å². The second-order valence-corrected chi connectivity index (χ2v) is 4.82. The average Bonchev–Trinajstić information content (AvgIpc) is 2.84. The molecule has 1 aliphatic rings. The van der Waals surface area contributed by atoms with Gasteiger partial charge in [-0.3, -0.25) is 9.89 Å². The predicted molar refractivity (Wildman–Crippen MR) is 58.1 cm³/mol. The van der Waals surface area contributed by atoms with Crippen LogP contribution in [-0.2, 0) is 4.79 Å². The van der Waals surface area contributed by atoms with E-state index in [2.05, 4.69) is 10.2 Å². The van der Waals surface area contributed by atoms with E-state index in [4.69, 9.17) is 5.11 Å². The molecule has 0 aliphatic carbocycles. The molecule has 2 heterocycles. The first-order chi connectivity index (χ1) is 7.61. The van der Waals surface area contributed by atoms with Gasteiger partial charge in [-0.25, -0.2) is 4.79 Å². The molecule has 1 aliphatic heterocycles. The summed E-state index contributed by atoms with van der Waals surface area (Å²) in [7, 11) is 0. The Bertz CT molecular complexity index is 406. The van der Waals surface area contributed by atoms with Crippen molar-refractivity contribution in [1.82, 2.24) is 15.1 Å². The molecule has 0 aromatic carbocycles. The fourth-order valence-corrected chi connectivity index (χ4v) is 2.82. The van der Waals surface area contributed by atoms with E-state index in [1.54, 1.807) is 0 Å².